The number of para-hydroxylation sites is 1. The molecule has 1 fully saturated rings. The van der Waals surface area contributed by atoms with Crippen molar-refractivity contribution in [2.24, 2.45) is 0 Å². The number of hydrogen-bond acceptors (Lipinski definition) is 3. The summed E-state index contributed by atoms with van der Waals surface area (Å²) in [5.41, 5.74) is 0.895. The summed E-state index contributed by atoms with van der Waals surface area (Å²) in [5.74, 6) is 1.14. The van der Waals surface area contributed by atoms with Crippen molar-refractivity contribution in [1.29, 1.82) is 0 Å². The number of rotatable bonds is 6. The molecule has 3 heteroatoms. The number of ether oxygens (including phenoxy) is 1. The maximum absolute atomic E-state index is 10.2. The molecular formula is C18H29NO2. The first-order valence-electron chi connectivity index (χ1n) is 8.87. The van der Waals surface area contributed by atoms with E-state index in [0.717, 1.165) is 18.4 Å². The Hall–Kier alpha value is -1.06. The van der Waals surface area contributed by atoms with Crippen LogP contribution in [0.2, 0.25) is 0 Å². The molecule has 0 aromatic heterocycles. The summed E-state index contributed by atoms with van der Waals surface area (Å²) >= 11 is 0. The van der Waals surface area contributed by atoms with Gasteiger partial charge in [-0.15, -0.1) is 0 Å². The van der Waals surface area contributed by atoms with Crippen LogP contribution >= 0.6 is 0 Å². The largest absolute Gasteiger partial charge is 0.491 e. The molecule has 2 rings (SSSR count). The highest BCUT2D eigenvalue weighted by atomic mass is 16.5. The van der Waals surface area contributed by atoms with Gasteiger partial charge in [0.25, 0.3) is 0 Å². The number of β-amino-alcohol motifs (C(OH)–C–C–N with tert-alkyl or cyclic N) is 1. The van der Waals surface area contributed by atoms with E-state index in [4.69, 9.17) is 7.48 Å². The van der Waals surface area contributed by atoms with Gasteiger partial charge in [-0.1, -0.05) is 31.0 Å². The highest BCUT2D eigenvalue weighted by Crippen LogP contribution is 2.38. The quantitative estimate of drug-likeness (QED) is 0.844. The smallest absolute Gasteiger partial charge is 0.122 e. The molecule has 0 bridgehead atoms. The van der Waals surface area contributed by atoms with Crippen LogP contribution in [0.3, 0.4) is 0 Å². The van der Waals surface area contributed by atoms with Crippen LogP contribution in [0.1, 0.15) is 60.7 Å². The molecule has 1 aliphatic rings. The summed E-state index contributed by atoms with van der Waals surface area (Å²) in [6.45, 7) is 6.04. The van der Waals surface area contributed by atoms with Gasteiger partial charge in [0.15, 0.2) is 0 Å². The standard InChI is InChI=1S/C18H29NO2/c1-18(2,3)19-12-15(20)13-21-17-11-7-6-10-16(17)14-8-4-5-9-14/h6-7,10-11,14-15,19-20H,4-5,8-9,12-13H2,1-3H3/i6D,15D. The van der Waals surface area contributed by atoms with E-state index in [1.165, 1.54) is 12.8 Å². The van der Waals surface area contributed by atoms with Gasteiger partial charge in [0, 0.05) is 12.1 Å². The molecule has 2 N–H and O–H groups in total. The fourth-order valence-electron chi connectivity index (χ4n) is 2.70. The summed E-state index contributed by atoms with van der Waals surface area (Å²) in [6.07, 6.45) is 2.99. The minimum absolute atomic E-state index is 0.0901. The van der Waals surface area contributed by atoms with Crippen molar-refractivity contribution < 1.29 is 12.6 Å². The number of benzene rings is 1. The average molecular weight is 293 g/mol. The first-order valence-corrected chi connectivity index (χ1v) is 7.87. The van der Waals surface area contributed by atoms with Gasteiger partial charge in [-0.25, -0.2) is 0 Å². The maximum atomic E-state index is 10.2. The van der Waals surface area contributed by atoms with Crippen LogP contribution in [0, 0.1) is 0 Å². The molecule has 0 radical (unpaired) electrons. The second-order valence-corrected chi connectivity index (χ2v) is 6.90. The van der Waals surface area contributed by atoms with E-state index in [1.54, 1.807) is 12.1 Å². The Morgan fingerprint density at radius 3 is 2.81 bits per heavy atom. The molecule has 21 heavy (non-hydrogen) atoms. The van der Waals surface area contributed by atoms with Gasteiger partial charge in [-0.05, 0) is 51.2 Å². The lowest BCUT2D eigenvalue weighted by Gasteiger charge is -2.23. The molecule has 1 saturated carbocycles. The van der Waals surface area contributed by atoms with Crippen LogP contribution in [-0.4, -0.2) is 29.9 Å². The zero-order chi connectivity index (χ0) is 17.1. The molecule has 1 atom stereocenters. The van der Waals surface area contributed by atoms with Crippen LogP contribution in [-0.2, 0) is 0 Å². The molecule has 3 nitrogen and oxygen atoms in total. The SMILES string of the molecule is [2H]c1ccc(OCC([2H])(O)CNC(C)(C)C)c(C2CCCC2)c1. The lowest BCUT2D eigenvalue weighted by molar-refractivity contribution is 0.0993. The summed E-state index contributed by atoms with van der Waals surface area (Å²) < 4.78 is 21.6. The van der Waals surface area contributed by atoms with Crippen molar-refractivity contribution in [2.75, 3.05) is 13.2 Å². The van der Waals surface area contributed by atoms with Crippen molar-refractivity contribution in [3.05, 3.63) is 29.8 Å². The van der Waals surface area contributed by atoms with Crippen LogP contribution in [0.4, 0.5) is 0 Å². The Morgan fingerprint density at radius 2 is 2.14 bits per heavy atom. The third-order valence-electron chi connectivity index (χ3n) is 3.87. The summed E-state index contributed by atoms with van der Waals surface area (Å²) in [6, 6.07) is 5.84. The van der Waals surface area contributed by atoms with Gasteiger partial charge < -0.3 is 15.2 Å². The molecule has 1 unspecified atom stereocenters. The lowest BCUT2D eigenvalue weighted by atomic mass is 9.97. The highest BCUT2D eigenvalue weighted by molar-refractivity contribution is 5.36. The summed E-state index contributed by atoms with van der Waals surface area (Å²) in [4.78, 5) is 0. The molecule has 118 valence electrons. The van der Waals surface area contributed by atoms with Crippen molar-refractivity contribution in [3.63, 3.8) is 0 Å². The Bertz CT molecular complexity index is 520. The number of nitrogens with one attached hydrogen (secondary N) is 1. The third kappa shape index (κ3) is 5.33. The zero-order valence-electron chi connectivity index (χ0n) is 15.4. The maximum Gasteiger partial charge on any atom is 0.122 e. The van der Waals surface area contributed by atoms with E-state index in [9.17, 15) is 5.11 Å². The normalized spacial score (nSPS) is 20.8. The third-order valence-corrected chi connectivity index (χ3v) is 3.87. The predicted octanol–water partition coefficient (Wildman–Crippen LogP) is 3.47. The fourth-order valence-corrected chi connectivity index (χ4v) is 2.70. The van der Waals surface area contributed by atoms with Gasteiger partial charge in [0.1, 0.15) is 18.4 Å². The van der Waals surface area contributed by atoms with Gasteiger partial charge >= 0.3 is 0 Å². The van der Waals surface area contributed by atoms with Crippen molar-refractivity contribution >= 4 is 0 Å². The topological polar surface area (TPSA) is 41.5 Å². The first kappa shape index (κ1) is 13.6. The zero-order valence-corrected chi connectivity index (χ0v) is 13.4. The first-order chi connectivity index (χ1) is 10.7. The molecule has 1 aromatic carbocycles. The van der Waals surface area contributed by atoms with Crippen molar-refractivity contribution in [1.82, 2.24) is 5.32 Å². The predicted molar refractivity (Wildman–Crippen MR) is 86.9 cm³/mol. The minimum Gasteiger partial charge on any atom is -0.491 e. The molecular weight excluding hydrogens is 262 g/mol. The van der Waals surface area contributed by atoms with E-state index in [-0.39, 0.29) is 18.7 Å². The average Bonchev–Trinajstić information content (AvgIpc) is 2.97. The molecule has 0 aliphatic heterocycles. The number of hydrogen-bond donors (Lipinski definition) is 2. The Kier molecular flexibility index (Phi) is 4.71. The van der Waals surface area contributed by atoms with E-state index >= 15 is 0 Å². The van der Waals surface area contributed by atoms with E-state index in [1.807, 2.05) is 26.8 Å². The summed E-state index contributed by atoms with van der Waals surface area (Å²) in [7, 11) is 0. The van der Waals surface area contributed by atoms with E-state index in [0.29, 0.717) is 17.7 Å². The van der Waals surface area contributed by atoms with Crippen LogP contribution in [0.25, 0.3) is 0 Å². The van der Waals surface area contributed by atoms with E-state index < -0.39 is 6.08 Å². The number of aliphatic hydroxyl groups is 1. The Balaban J connectivity index is 2.02. The molecule has 0 spiro atoms. The van der Waals surface area contributed by atoms with Crippen LogP contribution < -0.4 is 10.1 Å². The minimum atomic E-state index is -1.68. The highest BCUT2D eigenvalue weighted by Gasteiger charge is 2.20. The molecule has 0 amide bonds. The Labute approximate surface area is 131 Å². The van der Waals surface area contributed by atoms with Gasteiger partial charge in [-0.2, -0.15) is 0 Å². The lowest BCUT2D eigenvalue weighted by Crippen LogP contribution is -2.42. The van der Waals surface area contributed by atoms with Crippen molar-refractivity contribution in [3.8, 4) is 5.75 Å². The monoisotopic (exact) mass is 293 g/mol. The van der Waals surface area contributed by atoms with Gasteiger partial charge in [0.2, 0.25) is 0 Å². The molecule has 1 aromatic rings. The Morgan fingerprint density at radius 1 is 1.43 bits per heavy atom. The van der Waals surface area contributed by atoms with Crippen LogP contribution in [0.15, 0.2) is 24.2 Å². The second kappa shape index (κ2) is 7.28. The fraction of sp³-hybridized carbons (Fsp3) is 0.667. The van der Waals surface area contributed by atoms with Gasteiger partial charge in [-0.3, -0.25) is 0 Å². The van der Waals surface area contributed by atoms with Crippen LogP contribution in [0.5, 0.6) is 5.75 Å². The molecule has 0 heterocycles. The molecule has 1 aliphatic carbocycles. The van der Waals surface area contributed by atoms with E-state index in [2.05, 4.69) is 5.32 Å². The summed E-state index contributed by atoms with van der Waals surface area (Å²) in [5, 5.41) is 13.3. The molecule has 0 saturated heterocycles. The second-order valence-electron chi connectivity index (χ2n) is 6.90. The van der Waals surface area contributed by atoms with Crippen molar-refractivity contribution in [2.45, 2.75) is 64.0 Å². The van der Waals surface area contributed by atoms with Gasteiger partial charge in [0.05, 0.1) is 2.74 Å².